The topological polar surface area (TPSA) is 32.3 Å². The lowest BCUT2D eigenvalue weighted by Crippen LogP contribution is -2.45. The molecule has 1 saturated heterocycles. The van der Waals surface area contributed by atoms with Gasteiger partial charge in [0.2, 0.25) is 0 Å². The van der Waals surface area contributed by atoms with E-state index in [1.807, 2.05) is 6.20 Å². The van der Waals surface area contributed by atoms with Crippen LogP contribution in [-0.4, -0.2) is 47.1 Å². The molecule has 2 aliphatic heterocycles. The largest absolute Gasteiger partial charge is 0.368 e. The van der Waals surface area contributed by atoms with Gasteiger partial charge in [-0.15, -0.1) is 0 Å². The van der Waals surface area contributed by atoms with Crippen molar-refractivity contribution in [2.45, 2.75) is 31.7 Å². The third kappa shape index (κ3) is 3.22. The van der Waals surface area contributed by atoms with Gasteiger partial charge in [-0.3, -0.25) is 9.97 Å². The molecule has 1 aromatic heterocycles. The van der Waals surface area contributed by atoms with Crippen LogP contribution in [-0.2, 0) is 12.8 Å². The number of para-hydroxylation sites is 1. The smallest absolute Gasteiger partial charge is 0.0599 e. The van der Waals surface area contributed by atoms with E-state index >= 15 is 0 Å². The Balaban J connectivity index is 1.30. The summed E-state index contributed by atoms with van der Waals surface area (Å²) in [5.41, 5.74) is 4.10. The molecule has 2 aliphatic rings. The van der Waals surface area contributed by atoms with Gasteiger partial charge in [-0.05, 0) is 30.9 Å². The second-order valence-electron chi connectivity index (χ2n) is 6.59. The molecule has 4 heteroatoms. The Morgan fingerprint density at radius 2 is 1.91 bits per heavy atom. The molecule has 3 heterocycles. The Hall–Kier alpha value is -1.94. The maximum Gasteiger partial charge on any atom is 0.0599 e. The first kappa shape index (κ1) is 14.6. The summed E-state index contributed by atoms with van der Waals surface area (Å²) in [6.07, 6.45) is 10.2. The highest BCUT2D eigenvalue weighted by Crippen LogP contribution is 2.32. The zero-order valence-corrected chi connectivity index (χ0v) is 13.6. The molecule has 23 heavy (non-hydrogen) atoms. The molecular formula is C19H24N4. The SMILES string of the molecule is c1ccc2c(c1)CCN2C1CCN(CCc2cnccn2)CC1. The summed E-state index contributed by atoms with van der Waals surface area (Å²) in [4.78, 5) is 13.7. The molecule has 0 unspecified atom stereocenters. The Morgan fingerprint density at radius 3 is 2.74 bits per heavy atom. The first-order valence-electron chi connectivity index (χ1n) is 8.72. The van der Waals surface area contributed by atoms with Gasteiger partial charge >= 0.3 is 0 Å². The summed E-state index contributed by atoms with van der Waals surface area (Å²) in [6, 6.07) is 9.63. The zero-order chi connectivity index (χ0) is 15.5. The molecule has 0 atom stereocenters. The molecule has 4 rings (SSSR count). The Morgan fingerprint density at radius 1 is 1.04 bits per heavy atom. The van der Waals surface area contributed by atoms with Gasteiger partial charge in [0.15, 0.2) is 0 Å². The lowest BCUT2D eigenvalue weighted by atomic mass is 10.0. The van der Waals surface area contributed by atoms with Crippen molar-refractivity contribution in [1.82, 2.24) is 14.9 Å². The van der Waals surface area contributed by atoms with Gasteiger partial charge in [0.05, 0.1) is 5.69 Å². The number of nitrogens with zero attached hydrogens (tertiary/aromatic N) is 4. The Bertz CT molecular complexity index is 635. The number of piperidine rings is 1. The van der Waals surface area contributed by atoms with Crippen molar-refractivity contribution in [3.05, 3.63) is 54.1 Å². The summed E-state index contributed by atoms with van der Waals surface area (Å²) in [5, 5.41) is 0. The molecule has 0 aliphatic carbocycles. The highest BCUT2D eigenvalue weighted by Gasteiger charge is 2.28. The van der Waals surface area contributed by atoms with Crippen LogP contribution in [0.2, 0.25) is 0 Å². The molecule has 0 radical (unpaired) electrons. The van der Waals surface area contributed by atoms with Crippen molar-refractivity contribution in [3.8, 4) is 0 Å². The number of benzene rings is 1. The molecule has 0 spiro atoms. The molecular weight excluding hydrogens is 284 g/mol. The van der Waals surface area contributed by atoms with Crippen LogP contribution in [0.3, 0.4) is 0 Å². The van der Waals surface area contributed by atoms with Gasteiger partial charge in [-0.1, -0.05) is 18.2 Å². The van der Waals surface area contributed by atoms with Crippen molar-refractivity contribution in [2.24, 2.45) is 0 Å². The molecule has 2 aromatic rings. The molecule has 1 fully saturated rings. The molecule has 4 nitrogen and oxygen atoms in total. The molecule has 0 bridgehead atoms. The van der Waals surface area contributed by atoms with Crippen LogP contribution in [0.5, 0.6) is 0 Å². The predicted octanol–water partition coefficient (Wildman–Crippen LogP) is 2.55. The number of rotatable bonds is 4. The van der Waals surface area contributed by atoms with E-state index in [2.05, 4.69) is 44.0 Å². The van der Waals surface area contributed by atoms with Gasteiger partial charge in [-0.2, -0.15) is 0 Å². The van der Waals surface area contributed by atoms with Gasteiger partial charge < -0.3 is 9.80 Å². The number of likely N-dealkylation sites (tertiary alicyclic amines) is 1. The van der Waals surface area contributed by atoms with Crippen LogP contribution in [0.1, 0.15) is 24.1 Å². The fraction of sp³-hybridized carbons (Fsp3) is 0.474. The highest BCUT2D eigenvalue weighted by molar-refractivity contribution is 5.58. The molecule has 1 aromatic carbocycles. The highest BCUT2D eigenvalue weighted by atomic mass is 15.2. The van der Waals surface area contributed by atoms with Crippen molar-refractivity contribution < 1.29 is 0 Å². The molecule has 0 N–H and O–H groups in total. The fourth-order valence-corrected chi connectivity index (χ4v) is 3.93. The van der Waals surface area contributed by atoms with E-state index in [-0.39, 0.29) is 0 Å². The van der Waals surface area contributed by atoms with E-state index in [9.17, 15) is 0 Å². The molecule has 120 valence electrons. The number of hydrogen-bond acceptors (Lipinski definition) is 4. The third-order valence-electron chi connectivity index (χ3n) is 5.22. The lowest BCUT2D eigenvalue weighted by Gasteiger charge is -2.38. The predicted molar refractivity (Wildman–Crippen MR) is 92.7 cm³/mol. The van der Waals surface area contributed by atoms with Crippen molar-refractivity contribution in [1.29, 1.82) is 0 Å². The number of fused-ring (bicyclic) bond motifs is 1. The van der Waals surface area contributed by atoms with Gasteiger partial charge in [-0.25, -0.2) is 0 Å². The van der Waals surface area contributed by atoms with Gasteiger partial charge in [0.25, 0.3) is 0 Å². The van der Waals surface area contributed by atoms with E-state index in [1.165, 1.54) is 50.1 Å². The minimum Gasteiger partial charge on any atom is -0.368 e. The van der Waals surface area contributed by atoms with Crippen LogP contribution >= 0.6 is 0 Å². The van der Waals surface area contributed by atoms with E-state index in [4.69, 9.17) is 0 Å². The third-order valence-corrected chi connectivity index (χ3v) is 5.22. The average molecular weight is 308 g/mol. The van der Waals surface area contributed by atoms with E-state index in [0.717, 1.165) is 18.7 Å². The van der Waals surface area contributed by atoms with E-state index in [0.29, 0.717) is 6.04 Å². The van der Waals surface area contributed by atoms with Crippen molar-refractivity contribution >= 4 is 5.69 Å². The van der Waals surface area contributed by atoms with Crippen LogP contribution in [0.4, 0.5) is 5.69 Å². The normalized spacial score (nSPS) is 19.0. The minimum absolute atomic E-state index is 0.714. The van der Waals surface area contributed by atoms with Crippen LogP contribution in [0.25, 0.3) is 0 Å². The second kappa shape index (κ2) is 6.67. The summed E-state index contributed by atoms with van der Waals surface area (Å²) in [7, 11) is 0. The maximum atomic E-state index is 4.37. The number of anilines is 1. The summed E-state index contributed by atoms with van der Waals surface area (Å²) in [6.45, 7) is 4.69. The first-order chi connectivity index (χ1) is 11.4. The quantitative estimate of drug-likeness (QED) is 0.869. The molecule has 0 saturated carbocycles. The summed E-state index contributed by atoms with van der Waals surface area (Å²) < 4.78 is 0. The maximum absolute atomic E-state index is 4.37. The van der Waals surface area contributed by atoms with Crippen molar-refractivity contribution in [3.63, 3.8) is 0 Å². The Labute approximate surface area is 138 Å². The fourth-order valence-electron chi connectivity index (χ4n) is 3.93. The Kier molecular flexibility index (Phi) is 4.24. The lowest BCUT2D eigenvalue weighted by molar-refractivity contribution is 0.211. The minimum atomic E-state index is 0.714. The zero-order valence-electron chi connectivity index (χ0n) is 13.6. The standard InChI is InChI=1S/C19H24N4/c1-2-4-19-16(3-1)5-14-23(19)18-7-12-22(13-8-18)11-6-17-15-20-9-10-21-17/h1-4,9-10,15,18H,5-8,11-14H2. The summed E-state index contributed by atoms with van der Waals surface area (Å²) >= 11 is 0. The average Bonchev–Trinajstić information content (AvgIpc) is 3.05. The monoisotopic (exact) mass is 308 g/mol. The van der Waals surface area contributed by atoms with Crippen molar-refractivity contribution in [2.75, 3.05) is 31.1 Å². The van der Waals surface area contributed by atoms with E-state index < -0.39 is 0 Å². The van der Waals surface area contributed by atoms with Gasteiger partial charge in [0.1, 0.15) is 0 Å². The second-order valence-corrected chi connectivity index (χ2v) is 6.59. The number of aromatic nitrogens is 2. The molecule has 0 amide bonds. The summed E-state index contributed by atoms with van der Waals surface area (Å²) in [5.74, 6) is 0. The van der Waals surface area contributed by atoms with Gasteiger partial charge in [0, 0.05) is 62.9 Å². The van der Waals surface area contributed by atoms with E-state index in [1.54, 1.807) is 12.4 Å². The van der Waals surface area contributed by atoms with Crippen LogP contribution < -0.4 is 4.90 Å². The van der Waals surface area contributed by atoms with Crippen LogP contribution in [0, 0.1) is 0 Å². The van der Waals surface area contributed by atoms with Crippen LogP contribution in [0.15, 0.2) is 42.9 Å². The number of hydrogen-bond donors (Lipinski definition) is 0. The first-order valence-corrected chi connectivity index (χ1v) is 8.72.